The van der Waals surface area contributed by atoms with Crippen LogP contribution >= 0.6 is 38.9 Å². The minimum Gasteiger partial charge on any atom is -0.276 e. The van der Waals surface area contributed by atoms with Crippen molar-refractivity contribution in [1.82, 2.24) is 9.78 Å². The van der Waals surface area contributed by atoms with E-state index in [0.29, 0.717) is 9.35 Å². The highest BCUT2D eigenvalue weighted by Crippen LogP contribution is 2.27. The molecule has 10 heteroatoms. The smallest absolute Gasteiger partial charge is 0.271 e. The summed E-state index contributed by atoms with van der Waals surface area (Å²) in [7, 11) is -3.68. The quantitative estimate of drug-likeness (QED) is 0.628. The first-order chi connectivity index (χ1) is 11.3. The average Bonchev–Trinajstić information content (AvgIpc) is 3.12. The fraction of sp³-hybridized carbons (Fsp3) is 0.0714. The molecule has 1 aromatic carbocycles. The number of thiophene rings is 1. The second-order valence-corrected chi connectivity index (χ2v) is 9.57. The van der Waals surface area contributed by atoms with Crippen LogP contribution < -0.4 is 4.72 Å². The molecule has 0 radical (unpaired) electrons. The van der Waals surface area contributed by atoms with Crippen molar-refractivity contribution in [3.8, 4) is 0 Å². The lowest BCUT2D eigenvalue weighted by molar-refractivity contribution is 0.585. The minimum atomic E-state index is -3.68. The molecular weight excluding hydrogens is 441 g/mol. The van der Waals surface area contributed by atoms with Gasteiger partial charge in [0, 0.05) is 16.8 Å². The maximum absolute atomic E-state index is 13.8. The molecule has 126 valence electrons. The number of hydrogen-bond donors (Lipinski definition) is 1. The first-order valence-electron chi connectivity index (χ1n) is 6.59. The summed E-state index contributed by atoms with van der Waals surface area (Å²) in [5.41, 5.74) is 0.575. The minimum absolute atomic E-state index is 0.0950. The van der Waals surface area contributed by atoms with Gasteiger partial charge in [-0.15, -0.1) is 11.3 Å². The van der Waals surface area contributed by atoms with E-state index in [4.69, 9.17) is 11.6 Å². The molecule has 0 spiro atoms. The van der Waals surface area contributed by atoms with E-state index in [1.807, 2.05) is 0 Å². The molecule has 0 amide bonds. The number of hydrogen-bond acceptors (Lipinski definition) is 4. The summed E-state index contributed by atoms with van der Waals surface area (Å²) in [5, 5.41) is 4.32. The highest BCUT2D eigenvalue weighted by molar-refractivity contribution is 9.11. The molecule has 3 rings (SSSR count). The van der Waals surface area contributed by atoms with E-state index >= 15 is 0 Å². The largest absolute Gasteiger partial charge is 0.276 e. The van der Waals surface area contributed by atoms with Gasteiger partial charge in [0.1, 0.15) is 10.0 Å². The Morgan fingerprint density at radius 2 is 2.12 bits per heavy atom. The molecule has 0 aliphatic rings. The predicted octanol–water partition coefficient (Wildman–Crippen LogP) is 4.35. The number of nitrogens with one attached hydrogen (secondary N) is 1. The van der Waals surface area contributed by atoms with E-state index in [1.165, 1.54) is 35.3 Å². The van der Waals surface area contributed by atoms with Crippen LogP contribution in [0.5, 0.6) is 0 Å². The third kappa shape index (κ3) is 3.80. The van der Waals surface area contributed by atoms with Gasteiger partial charge in [-0.3, -0.25) is 9.40 Å². The van der Waals surface area contributed by atoms with E-state index < -0.39 is 15.8 Å². The van der Waals surface area contributed by atoms with Gasteiger partial charge in [-0.1, -0.05) is 17.7 Å². The molecule has 1 N–H and O–H groups in total. The second kappa shape index (κ2) is 6.83. The van der Waals surface area contributed by atoms with Crippen LogP contribution in [0.4, 0.5) is 10.1 Å². The molecule has 0 unspecified atom stereocenters. The van der Waals surface area contributed by atoms with Crippen LogP contribution in [0.1, 0.15) is 5.56 Å². The molecule has 0 fully saturated rings. The first kappa shape index (κ1) is 17.4. The van der Waals surface area contributed by atoms with Gasteiger partial charge in [0.2, 0.25) is 0 Å². The number of benzene rings is 1. The number of nitrogens with zero attached hydrogens (tertiary/aromatic N) is 2. The van der Waals surface area contributed by atoms with Gasteiger partial charge in [0.05, 0.1) is 22.2 Å². The van der Waals surface area contributed by atoms with Crippen molar-refractivity contribution < 1.29 is 12.8 Å². The zero-order chi connectivity index (χ0) is 17.3. The van der Waals surface area contributed by atoms with Crippen LogP contribution in [0.3, 0.4) is 0 Å². The summed E-state index contributed by atoms with van der Waals surface area (Å²) in [6, 6.07) is 7.57. The van der Waals surface area contributed by atoms with Crippen molar-refractivity contribution in [2.75, 3.05) is 4.72 Å². The lowest BCUT2D eigenvalue weighted by Gasteiger charge is -2.06. The van der Waals surface area contributed by atoms with Gasteiger partial charge in [0.25, 0.3) is 10.0 Å². The molecule has 0 atom stereocenters. The maximum atomic E-state index is 13.8. The van der Waals surface area contributed by atoms with Crippen LogP contribution in [-0.4, -0.2) is 18.2 Å². The van der Waals surface area contributed by atoms with E-state index in [0.717, 1.165) is 11.3 Å². The topological polar surface area (TPSA) is 64.0 Å². The van der Waals surface area contributed by atoms with Crippen LogP contribution in [0, 0.1) is 5.82 Å². The van der Waals surface area contributed by atoms with Crippen LogP contribution in [0.25, 0.3) is 0 Å². The van der Waals surface area contributed by atoms with Crippen LogP contribution in [0.15, 0.2) is 50.7 Å². The molecular formula is C14H10BrClFN3O2S2. The Morgan fingerprint density at radius 3 is 2.79 bits per heavy atom. The Hall–Kier alpha value is -1.42. The van der Waals surface area contributed by atoms with Gasteiger partial charge < -0.3 is 0 Å². The van der Waals surface area contributed by atoms with Gasteiger partial charge in [-0.25, -0.2) is 12.8 Å². The lowest BCUT2D eigenvalue weighted by atomic mass is 10.2. The SMILES string of the molecule is O=S(=O)(Nc1cnn(Cc2c(F)cccc2Cl)c1)c1ccc(Br)s1. The van der Waals surface area contributed by atoms with E-state index in [9.17, 15) is 12.8 Å². The molecule has 2 heterocycles. The molecule has 0 saturated heterocycles. The lowest BCUT2D eigenvalue weighted by Crippen LogP contribution is -2.11. The monoisotopic (exact) mass is 449 g/mol. The fourth-order valence-electron chi connectivity index (χ4n) is 2.00. The molecule has 2 aromatic heterocycles. The molecule has 0 saturated carbocycles. The summed E-state index contributed by atoms with van der Waals surface area (Å²) in [5.74, 6) is -0.441. The van der Waals surface area contributed by atoms with Gasteiger partial charge in [0.15, 0.2) is 0 Å². The molecule has 5 nitrogen and oxygen atoms in total. The molecule has 24 heavy (non-hydrogen) atoms. The highest BCUT2D eigenvalue weighted by Gasteiger charge is 2.17. The zero-order valence-electron chi connectivity index (χ0n) is 11.9. The second-order valence-electron chi connectivity index (χ2n) is 4.79. The normalized spacial score (nSPS) is 11.6. The Kier molecular flexibility index (Phi) is 4.95. The summed E-state index contributed by atoms with van der Waals surface area (Å²) >= 11 is 10.3. The Bertz CT molecular complexity index is 967. The molecule has 3 aromatic rings. The number of sulfonamides is 1. The highest BCUT2D eigenvalue weighted by atomic mass is 79.9. The average molecular weight is 451 g/mol. The van der Waals surface area contributed by atoms with Crippen molar-refractivity contribution in [3.05, 3.63) is 62.9 Å². The van der Waals surface area contributed by atoms with E-state index in [-0.39, 0.29) is 21.5 Å². The number of aromatic nitrogens is 2. The van der Waals surface area contributed by atoms with Crippen molar-refractivity contribution >= 4 is 54.6 Å². The predicted molar refractivity (Wildman–Crippen MR) is 95.6 cm³/mol. The Balaban J connectivity index is 1.79. The summed E-state index contributed by atoms with van der Waals surface area (Å²) in [6.07, 6.45) is 2.83. The summed E-state index contributed by atoms with van der Waals surface area (Å²) < 4.78 is 43.0. The van der Waals surface area contributed by atoms with Crippen molar-refractivity contribution in [1.29, 1.82) is 0 Å². The molecule has 0 bridgehead atoms. The Labute approximate surface area is 155 Å². The van der Waals surface area contributed by atoms with Crippen LogP contribution in [0.2, 0.25) is 5.02 Å². The standard InChI is InChI=1S/C14H10BrClFN3O2S2/c15-13-4-5-14(23-13)24(21,22)19-9-6-18-20(7-9)8-10-11(16)2-1-3-12(10)17/h1-7,19H,8H2. The zero-order valence-corrected chi connectivity index (χ0v) is 15.9. The number of halogens is 3. The van der Waals surface area contributed by atoms with Crippen molar-refractivity contribution in [2.45, 2.75) is 10.8 Å². The van der Waals surface area contributed by atoms with E-state index in [2.05, 4.69) is 25.8 Å². The van der Waals surface area contributed by atoms with Gasteiger partial charge >= 0.3 is 0 Å². The molecule has 0 aliphatic heterocycles. The van der Waals surface area contributed by atoms with Crippen molar-refractivity contribution in [3.63, 3.8) is 0 Å². The van der Waals surface area contributed by atoms with E-state index in [1.54, 1.807) is 12.1 Å². The third-order valence-electron chi connectivity index (χ3n) is 3.08. The van der Waals surface area contributed by atoms with Gasteiger partial charge in [-0.05, 0) is 40.2 Å². The van der Waals surface area contributed by atoms with Gasteiger partial charge in [-0.2, -0.15) is 5.10 Å². The maximum Gasteiger partial charge on any atom is 0.271 e. The first-order valence-corrected chi connectivity index (χ1v) is 10.1. The summed E-state index contributed by atoms with van der Waals surface area (Å²) in [4.78, 5) is 0. The fourth-order valence-corrected chi connectivity index (χ4v) is 5.26. The molecule has 0 aliphatic carbocycles. The summed E-state index contributed by atoms with van der Waals surface area (Å²) in [6.45, 7) is 0.0950. The Morgan fingerprint density at radius 1 is 1.33 bits per heavy atom. The van der Waals surface area contributed by atoms with Crippen LogP contribution in [-0.2, 0) is 16.6 Å². The number of rotatable bonds is 5. The third-order valence-corrected chi connectivity index (χ3v) is 6.93. The number of anilines is 1. The van der Waals surface area contributed by atoms with Crippen molar-refractivity contribution in [2.24, 2.45) is 0 Å².